The lowest BCUT2D eigenvalue weighted by Gasteiger charge is -2.21. The Morgan fingerprint density at radius 2 is 1.15 bits per heavy atom. The summed E-state index contributed by atoms with van der Waals surface area (Å²) in [4.78, 5) is 2.28. The van der Waals surface area contributed by atoms with Crippen molar-refractivity contribution in [2.45, 2.75) is 6.42 Å². The molecule has 5 aromatic carbocycles. The molecule has 1 heterocycles. The second-order valence-corrected chi connectivity index (χ2v) is 9.12. The highest BCUT2D eigenvalue weighted by molar-refractivity contribution is 6.09. The number of para-hydroxylation sites is 2. The van der Waals surface area contributed by atoms with Gasteiger partial charge in [0.1, 0.15) is 0 Å². The highest BCUT2D eigenvalue weighted by Gasteiger charge is 2.19. The van der Waals surface area contributed by atoms with Crippen molar-refractivity contribution in [1.82, 2.24) is 4.57 Å². The second-order valence-electron chi connectivity index (χ2n) is 9.12. The van der Waals surface area contributed by atoms with Crippen molar-refractivity contribution in [3.8, 4) is 16.8 Å². The summed E-state index contributed by atoms with van der Waals surface area (Å²) in [5.41, 5.74) is 11.6. The van der Waals surface area contributed by atoms with Gasteiger partial charge >= 0.3 is 0 Å². The maximum absolute atomic E-state index is 2.36. The lowest BCUT2D eigenvalue weighted by molar-refractivity contribution is 1.16. The zero-order valence-corrected chi connectivity index (χ0v) is 19.1. The molecule has 0 aliphatic heterocycles. The summed E-state index contributed by atoms with van der Waals surface area (Å²) >= 11 is 0. The van der Waals surface area contributed by atoms with Crippen LogP contribution in [0.5, 0.6) is 0 Å². The molecule has 1 aliphatic rings. The smallest absolute Gasteiger partial charge is 0.0541 e. The predicted octanol–water partition coefficient (Wildman–Crippen LogP) is 8.12. The van der Waals surface area contributed by atoms with Gasteiger partial charge in [-0.2, -0.15) is 0 Å². The number of hydrogen-bond donors (Lipinski definition) is 0. The van der Waals surface area contributed by atoms with Crippen molar-refractivity contribution in [3.63, 3.8) is 0 Å². The van der Waals surface area contributed by atoms with Gasteiger partial charge in [-0.15, -0.1) is 0 Å². The van der Waals surface area contributed by atoms with E-state index in [0.29, 0.717) is 0 Å². The van der Waals surface area contributed by atoms with Crippen LogP contribution in [-0.4, -0.2) is 11.6 Å². The third-order valence-corrected chi connectivity index (χ3v) is 7.24. The summed E-state index contributed by atoms with van der Waals surface area (Å²) in [5.74, 6) is 0. The van der Waals surface area contributed by atoms with Crippen LogP contribution in [0, 0.1) is 0 Å². The van der Waals surface area contributed by atoms with E-state index in [4.69, 9.17) is 0 Å². The minimum atomic E-state index is 1.01. The number of fused-ring (bicyclic) bond motifs is 6. The largest absolute Gasteiger partial charge is 0.345 e. The molecule has 0 amide bonds. The van der Waals surface area contributed by atoms with Gasteiger partial charge in [0.05, 0.1) is 11.0 Å². The van der Waals surface area contributed by atoms with Gasteiger partial charge in [0, 0.05) is 34.9 Å². The third kappa shape index (κ3) is 2.82. The Balaban J connectivity index is 1.25. The topological polar surface area (TPSA) is 8.17 Å². The quantitative estimate of drug-likeness (QED) is 0.271. The number of benzene rings is 5. The SMILES string of the molecule is CN(c1ccc(-n2c3ccccc3c3ccccc32)cc1)c1ccc2c(c1)Cc1ccccc1-2. The van der Waals surface area contributed by atoms with Gasteiger partial charge in [-0.05, 0) is 77.2 Å². The monoisotopic (exact) mass is 436 g/mol. The van der Waals surface area contributed by atoms with Crippen LogP contribution in [0.15, 0.2) is 115 Å². The van der Waals surface area contributed by atoms with Crippen LogP contribution < -0.4 is 4.90 Å². The van der Waals surface area contributed by atoms with E-state index in [0.717, 1.165) is 6.42 Å². The molecule has 2 heteroatoms. The fourth-order valence-corrected chi connectivity index (χ4v) is 5.52. The fraction of sp³-hybridized carbons (Fsp3) is 0.0625. The molecule has 0 N–H and O–H groups in total. The summed E-state index contributed by atoms with van der Waals surface area (Å²) in [7, 11) is 2.15. The molecule has 1 aliphatic carbocycles. The molecule has 0 saturated heterocycles. The van der Waals surface area contributed by atoms with Crippen LogP contribution in [0.3, 0.4) is 0 Å². The van der Waals surface area contributed by atoms with Crippen LogP contribution in [-0.2, 0) is 6.42 Å². The molecule has 0 saturated carbocycles. The lowest BCUT2D eigenvalue weighted by atomic mass is 10.1. The first kappa shape index (κ1) is 19.2. The number of aromatic nitrogens is 1. The van der Waals surface area contributed by atoms with Gasteiger partial charge in [0.25, 0.3) is 0 Å². The van der Waals surface area contributed by atoms with Gasteiger partial charge in [0.15, 0.2) is 0 Å². The van der Waals surface area contributed by atoms with Gasteiger partial charge in [-0.3, -0.25) is 0 Å². The molecule has 0 radical (unpaired) electrons. The molecule has 2 nitrogen and oxygen atoms in total. The Hall–Kier alpha value is -4.30. The van der Waals surface area contributed by atoms with Crippen LogP contribution >= 0.6 is 0 Å². The van der Waals surface area contributed by atoms with E-state index < -0.39 is 0 Å². The van der Waals surface area contributed by atoms with Crippen LogP contribution in [0.25, 0.3) is 38.6 Å². The number of nitrogens with zero attached hydrogens (tertiary/aromatic N) is 2. The molecule has 0 spiro atoms. The standard InChI is InChI=1S/C32H24N2/c1-33(26-18-19-28-23(21-26)20-22-8-2-3-9-27(22)28)24-14-16-25(17-15-24)34-31-12-6-4-10-29(31)30-11-5-7-13-32(30)34/h2-19,21H,20H2,1H3. The average Bonchev–Trinajstić information content (AvgIpc) is 3.44. The van der Waals surface area contributed by atoms with Crippen LogP contribution in [0.4, 0.5) is 11.4 Å². The van der Waals surface area contributed by atoms with Gasteiger partial charge < -0.3 is 9.47 Å². The van der Waals surface area contributed by atoms with Crippen molar-refractivity contribution >= 4 is 33.2 Å². The Morgan fingerprint density at radius 1 is 0.559 bits per heavy atom. The highest BCUT2D eigenvalue weighted by atomic mass is 15.1. The predicted molar refractivity (Wildman–Crippen MR) is 144 cm³/mol. The molecule has 0 fully saturated rings. The molecule has 6 aromatic rings. The summed E-state index contributed by atoms with van der Waals surface area (Å²) in [6, 6.07) is 41.8. The number of hydrogen-bond acceptors (Lipinski definition) is 1. The van der Waals surface area contributed by atoms with Crippen molar-refractivity contribution < 1.29 is 0 Å². The van der Waals surface area contributed by atoms with Crippen molar-refractivity contribution in [2.75, 3.05) is 11.9 Å². The second kappa shape index (κ2) is 7.36. The first-order chi connectivity index (χ1) is 16.8. The number of anilines is 2. The average molecular weight is 437 g/mol. The molecule has 7 rings (SSSR count). The van der Waals surface area contributed by atoms with E-state index in [1.54, 1.807) is 0 Å². The zero-order chi connectivity index (χ0) is 22.6. The molecule has 0 bridgehead atoms. The first-order valence-corrected chi connectivity index (χ1v) is 11.8. The van der Waals surface area contributed by atoms with Crippen molar-refractivity contribution in [2.24, 2.45) is 0 Å². The van der Waals surface area contributed by atoms with E-state index >= 15 is 0 Å². The molecular formula is C32H24N2. The molecule has 0 atom stereocenters. The van der Waals surface area contributed by atoms with Gasteiger partial charge in [-0.1, -0.05) is 66.7 Å². The molecule has 1 aromatic heterocycles. The molecule has 0 unspecified atom stereocenters. The first-order valence-electron chi connectivity index (χ1n) is 11.8. The van der Waals surface area contributed by atoms with Gasteiger partial charge in [0.2, 0.25) is 0 Å². The van der Waals surface area contributed by atoms with E-state index in [9.17, 15) is 0 Å². The van der Waals surface area contributed by atoms with Crippen molar-refractivity contribution in [1.29, 1.82) is 0 Å². The van der Waals surface area contributed by atoms with Gasteiger partial charge in [-0.25, -0.2) is 0 Å². The number of rotatable bonds is 3. The molecule has 162 valence electrons. The summed E-state index contributed by atoms with van der Waals surface area (Å²) in [5, 5.41) is 2.58. The van der Waals surface area contributed by atoms with E-state index in [1.807, 2.05) is 0 Å². The Labute approximate surface area is 199 Å². The zero-order valence-electron chi connectivity index (χ0n) is 19.1. The summed E-state index contributed by atoms with van der Waals surface area (Å²) < 4.78 is 2.36. The fourth-order valence-electron chi connectivity index (χ4n) is 5.52. The summed E-state index contributed by atoms with van der Waals surface area (Å²) in [6.07, 6.45) is 1.01. The van der Waals surface area contributed by atoms with Crippen molar-refractivity contribution in [3.05, 3.63) is 126 Å². The van der Waals surface area contributed by atoms with Crippen LogP contribution in [0.2, 0.25) is 0 Å². The Kier molecular flexibility index (Phi) is 4.16. The minimum Gasteiger partial charge on any atom is -0.345 e. The highest BCUT2D eigenvalue weighted by Crippen LogP contribution is 2.39. The van der Waals surface area contributed by atoms with E-state index in [1.165, 1.54) is 61.1 Å². The van der Waals surface area contributed by atoms with E-state index in [2.05, 4.69) is 132 Å². The van der Waals surface area contributed by atoms with Crippen LogP contribution in [0.1, 0.15) is 11.1 Å². The molecular weight excluding hydrogens is 412 g/mol. The maximum atomic E-state index is 2.36. The summed E-state index contributed by atoms with van der Waals surface area (Å²) in [6.45, 7) is 0. The minimum absolute atomic E-state index is 1.01. The Bertz CT molecular complexity index is 1640. The Morgan fingerprint density at radius 3 is 1.88 bits per heavy atom. The molecule has 34 heavy (non-hydrogen) atoms. The van der Waals surface area contributed by atoms with E-state index in [-0.39, 0.29) is 0 Å². The third-order valence-electron chi connectivity index (χ3n) is 7.24. The normalized spacial score (nSPS) is 12.1. The lowest BCUT2D eigenvalue weighted by Crippen LogP contribution is -2.09. The maximum Gasteiger partial charge on any atom is 0.0541 e.